The van der Waals surface area contributed by atoms with Crippen LogP contribution >= 0.6 is 11.6 Å². The van der Waals surface area contributed by atoms with Crippen molar-refractivity contribution >= 4 is 23.5 Å². The van der Waals surface area contributed by atoms with Crippen LogP contribution in [0.4, 0.5) is 10.1 Å². The number of hydrogen-bond acceptors (Lipinski definition) is 1. The summed E-state index contributed by atoms with van der Waals surface area (Å²) >= 11 is 5.83. The molecular weight excluding hydrogens is 347 g/mol. The Morgan fingerprint density at radius 3 is 2.58 bits per heavy atom. The van der Waals surface area contributed by atoms with Crippen LogP contribution in [-0.2, 0) is 6.42 Å². The summed E-state index contributed by atoms with van der Waals surface area (Å²) in [6.45, 7) is 8.51. The SMILES string of the molecule is CCc1cccc(C)c1-n1c(C)cc(C=Nc2ccc(F)c(Cl)c2)c1C. The monoisotopic (exact) mass is 368 g/mol. The van der Waals surface area contributed by atoms with Crippen molar-refractivity contribution in [1.29, 1.82) is 0 Å². The molecule has 26 heavy (non-hydrogen) atoms. The Labute approximate surface area is 159 Å². The van der Waals surface area contributed by atoms with Crippen molar-refractivity contribution in [3.05, 3.63) is 81.4 Å². The van der Waals surface area contributed by atoms with E-state index in [0.29, 0.717) is 5.69 Å². The second-order valence-corrected chi connectivity index (χ2v) is 6.86. The molecule has 0 aliphatic carbocycles. The van der Waals surface area contributed by atoms with E-state index < -0.39 is 5.82 Å². The van der Waals surface area contributed by atoms with Gasteiger partial charge in [0.1, 0.15) is 5.82 Å². The van der Waals surface area contributed by atoms with E-state index in [1.807, 2.05) is 6.21 Å². The topological polar surface area (TPSA) is 17.3 Å². The first-order valence-corrected chi connectivity index (χ1v) is 9.07. The smallest absolute Gasteiger partial charge is 0.141 e. The van der Waals surface area contributed by atoms with Gasteiger partial charge < -0.3 is 4.57 Å². The summed E-state index contributed by atoms with van der Waals surface area (Å²) in [5.74, 6) is -0.435. The van der Waals surface area contributed by atoms with Gasteiger partial charge in [0.05, 0.1) is 16.4 Å². The van der Waals surface area contributed by atoms with Crippen molar-refractivity contribution in [3.8, 4) is 5.69 Å². The summed E-state index contributed by atoms with van der Waals surface area (Å²) in [7, 11) is 0. The Morgan fingerprint density at radius 2 is 1.88 bits per heavy atom. The highest BCUT2D eigenvalue weighted by Crippen LogP contribution is 2.27. The Bertz CT molecular complexity index is 986. The van der Waals surface area contributed by atoms with Crippen LogP contribution in [0.1, 0.15) is 35.0 Å². The average Bonchev–Trinajstić information content (AvgIpc) is 2.89. The molecule has 2 aromatic carbocycles. The number of aliphatic imine (C=N–C) groups is 1. The molecule has 0 N–H and O–H groups in total. The zero-order chi connectivity index (χ0) is 18.8. The van der Waals surface area contributed by atoms with Crippen molar-refractivity contribution in [1.82, 2.24) is 4.57 Å². The average molecular weight is 369 g/mol. The lowest BCUT2D eigenvalue weighted by Crippen LogP contribution is -2.05. The number of aryl methyl sites for hydroxylation is 3. The van der Waals surface area contributed by atoms with Crippen LogP contribution in [0.2, 0.25) is 5.02 Å². The van der Waals surface area contributed by atoms with Gasteiger partial charge in [0, 0.05) is 23.2 Å². The maximum atomic E-state index is 13.3. The first kappa shape index (κ1) is 18.4. The normalized spacial score (nSPS) is 11.5. The van der Waals surface area contributed by atoms with Crippen molar-refractivity contribution in [2.24, 2.45) is 4.99 Å². The number of halogens is 2. The highest BCUT2D eigenvalue weighted by molar-refractivity contribution is 6.31. The van der Waals surface area contributed by atoms with Crippen molar-refractivity contribution in [2.45, 2.75) is 34.1 Å². The van der Waals surface area contributed by atoms with Gasteiger partial charge in [-0.2, -0.15) is 0 Å². The summed E-state index contributed by atoms with van der Waals surface area (Å²) in [5, 5.41) is 0.0811. The molecule has 0 aliphatic heterocycles. The molecule has 1 heterocycles. The lowest BCUT2D eigenvalue weighted by Gasteiger charge is -2.17. The van der Waals surface area contributed by atoms with E-state index in [-0.39, 0.29) is 5.02 Å². The highest BCUT2D eigenvalue weighted by Gasteiger charge is 2.14. The number of nitrogens with zero attached hydrogens (tertiary/aromatic N) is 2. The second-order valence-electron chi connectivity index (χ2n) is 6.45. The Hall–Kier alpha value is -2.39. The summed E-state index contributed by atoms with van der Waals surface area (Å²) in [4.78, 5) is 4.46. The summed E-state index contributed by atoms with van der Waals surface area (Å²) < 4.78 is 15.6. The molecule has 3 rings (SSSR count). The summed E-state index contributed by atoms with van der Waals surface area (Å²) in [6, 6.07) is 13.0. The second kappa shape index (κ2) is 7.46. The number of rotatable bonds is 4. The van der Waals surface area contributed by atoms with Gasteiger partial charge in [-0.05, 0) is 62.6 Å². The van der Waals surface area contributed by atoms with E-state index in [2.05, 4.69) is 61.5 Å². The van der Waals surface area contributed by atoms with Gasteiger partial charge in [0.25, 0.3) is 0 Å². The van der Waals surface area contributed by atoms with Gasteiger partial charge in [-0.1, -0.05) is 36.7 Å². The fourth-order valence-corrected chi connectivity index (χ4v) is 3.47. The van der Waals surface area contributed by atoms with Crippen LogP contribution in [0.25, 0.3) is 5.69 Å². The molecule has 4 heteroatoms. The van der Waals surface area contributed by atoms with Gasteiger partial charge in [0.2, 0.25) is 0 Å². The van der Waals surface area contributed by atoms with Crippen LogP contribution in [0.3, 0.4) is 0 Å². The van der Waals surface area contributed by atoms with Gasteiger partial charge in [0.15, 0.2) is 0 Å². The van der Waals surface area contributed by atoms with Gasteiger partial charge in [-0.15, -0.1) is 0 Å². The minimum absolute atomic E-state index is 0.0811. The van der Waals surface area contributed by atoms with E-state index in [1.54, 1.807) is 6.07 Å². The van der Waals surface area contributed by atoms with Crippen LogP contribution in [0.5, 0.6) is 0 Å². The minimum atomic E-state index is -0.435. The third-order valence-electron chi connectivity index (χ3n) is 4.65. The van der Waals surface area contributed by atoms with Crippen LogP contribution in [-0.4, -0.2) is 10.8 Å². The molecule has 0 radical (unpaired) electrons. The first-order valence-electron chi connectivity index (χ1n) is 8.69. The molecule has 0 spiro atoms. The third-order valence-corrected chi connectivity index (χ3v) is 4.94. The first-order chi connectivity index (χ1) is 12.4. The number of hydrogen-bond donors (Lipinski definition) is 0. The fraction of sp³-hybridized carbons (Fsp3) is 0.227. The van der Waals surface area contributed by atoms with Crippen molar-refractivity contribution in [2.75, 3.05) is 0 Å². The molecule has 0 saturated carbocycles. The standard InChI is InChI=1S/C22H22ClFN2/c1-5-17-8-6-7-14(2)22(17)26-15(3)11-18(16(26)4)13-25-19-9-10-21(24)20(23)12-19/h6-13H,5H2,1-4H3. The molecular formula is C22H22ClFN2. The molecule has 0 unspecified atom stereocenters. The Balaban J connectivity index is 2.04. The zero-order valence-corrected chi connectivity index (χ0v) is 16.2. The van der Waals surface area contributed by atoms with Gasteiger partial charge in [-0.25, -0.2) is 4.39 Å². The maximum absolute atomic E-state index is 13.3. The number of benzene rings is 2. The van der Waals surface area contributed by atoms with E-state index in [4.69, 9.17) is 11.6 Å². The molecule has 3 aromatic rings. The molecule has 0 aliphatic rings. The van der Waals surface area contributed by atoms with E-state index in [1.165, 1.54) is 28.9 Å². The molecule has 1 aromatic heterocycles. The molecule has 0 saturated heterocycles. The lowest BCUT2D eigenvalue weighted by atomic mass is 10.1. The van der Waals surface area contributed by atoms with E-state index >= 15 is 0 Å². The van der Waals surface area contributed by atoms with Crippen molar-refractivity contribution < 1.29 is 4.39 Å². The molecule has 0 bridgehead atoms. The molecule has 0 amide bonds. The fourth-order valence-electron chi connectivity index (χ4n) is 3.30. The molecule has 0 atom stereocenters. The third kappa shape index (κ3) is 3.45. The lowest BCUT2D eigenvalue weighted by molar-refractivity contribution is 0.628. The molecule has 0 fully saturated rings. The van der Waals surface area contributed by atoms with Crippen molar-refractivity contribution in [3.63, 3.8) is 0 Å². The molecule has 134 valence electrons. The van der Waals surface area contributed by atoms with Crippen LogP contribution < -0.4 is 0 Å². The van der Waals surface area contributed by atoms with Crippen LogP contribution in [0, 0.1) is 26.6 Å². The van der Waals surface area contributed by atoms with Gasteiger partial charge in [-0.3, -0.25) is 4.99 Å². The van der Waals surface area contributed by atoms with E-state index in [9.17, 15) is 4.39 Å². The Kier molecular flexibility index (Phi) is 5.28. The van der Waals surface area contributed by atoms with Crippen LogP contribution in [0.15, 0.2) is 47.5 Å². The van der Waals surface area contributed by atoms with E-state index in [0.717, 1.165) is 23.4 Å². The predicted octanol–water partition coefficient (Wildman–Crippen LogP) is 6.51. The largest absolute Gasteiger partial charge is 0.317 e. The maximum Gasteiger partial charge on any atom is 0.141 e. The summed E-state index contributed by atoms with van der Waals surface area (Å²) in [5.41, 5.74) is 7.77. The number of para-hydroxylation sites is 1. The molecule has 2 nitrogen and oxygen atoms in total. The van der Waals surface area contributed by atoms with Gasteiger partial charge >= 0.3 is 0 Å². The zero-order valence-electron chi connectivity index (χ0n) is 15.5. The number of aromatic nitrogens is 1. The Morgan fingerprint density at radius 1 is 1.12 bits per heavy atom. The predicted molar refractivity (Wildman–Crippen MR) is 108 cm³/mol. The minimum Gasteiger partial charge on any atom is -0.317 e. The highest BCUT2D eigenvalue weighted by atomic mass is 35.5. The quantitative estimate of drug-likeness (QED) is 0.467. The summed E-state index contributed by atoms with van der Waals surface area (Å²) in [6.07, 6.45) is 2.79.